The van der Waals surface area contributed by atoms with E-state index in [1.807, 2.05) is 36.4 Å². The molecule has 0 aliphatic carbocycles. The van der Waals surface area contributed by atoms with E-state index in [-0.39, 0.29) is 11.9 Å². The highest BCUT2D eigenvalue weighted by molar-refractivity contribution is 7.99. The van der Waals surface area contributed by atoms with Gasteiger partial charge in [0, 0.05) is 37.0 Å². The summed E-state index contributed by atoms with van der Waals surface area (Å²) >= 11 is 1.57. The summed E-state index contributed by atoms with van der Waals surface area (Å²) < 4.78 is 5.55. The van der Waals surface area contributed by atoms with Crippen molar-refractivity contribution in [3.05, 3.63) is 78.2 Å². The largest absolute Gasteiger partial charge is 0.444 e. The Balaban J connectivity index is 1.14. The molecule has 0 unspecified atom stereocenters. The Labute approximate surface area is 181 Å². The minimum Gasteiger partial charge on any atom is -0.444 e. The summed E-state index contributed by atoms with van der Waals surface area (Å²) in [5.41, 5.74) is 3.17. The van der Waals surface area contributed by atoms with E-state index in [9.17, 15) is 4.79 Å². The number of likely N-dealkylation sites (tertiary alicyclic amines) is 1. The summed E-state index contributed by atoms with van der Waals surface area (Å²) in [6, 6.07) is 20.7. The quantitative estimate of drug-likeness (QED) is 0.586. The highest BCUT2D eigenvalue weighted by Crippen LogP contribution is 2.20. The number of benzene rings is 2. The Hall–Kier alpha value is -2.57. The molecule has 5 nitrogen and oxygen atoms in total. The molecule has 30 heavy (non-hydrogen) atoms. The van der Waals surface area contributed by atoms with Crippen LogP contribution in [0.5, 0.6) is 0 Å². The maximum Gasteiger partial charge on any atom is 0.230 e. The minimum atomic E-state index is 0.105. The second-order valence-corrected chi connectivity index (χ2v) is 8.59. The molecule has 0 bridgehead atoms. The number of aromatic nitrogens is 1. The van der Waals surface area contributed by atoms with Crippen LogP contribution in [0.1, 0.15) is 24.1 Å². The molecule has 1 aromatic heterocycles. The van der Waals surface area contributed by atoms with Crippen molar-refractivity contribution in [3.8, 4) is 11.5 Å². The van der Waals surface area contributed by atoms with Crippen LogP contribution in [0.3, 0.4) is 0 Å². The van der Waals surface area contributed by atoms with Crippen molar-refractivity contribution < 1.29 is 9.21 Å². The number of nitrogens with one attached hydrogen (secondary N) is 1. The fourth-order valence-electron chi connectivity index (χ4n) is 3.68. The van der Waals surface area contributed by atoms with E-state index in [0.29, 0.717) is 17.4 Å². The topological polar surface area (TPSA) is 58.4 Å². The minimum absolute atomic E-state index is 0.105. The van der Waals surface area contributed by atoms with Crippen molar-refractivity contribution >= 4 is 17.7 Å². The third-order valence-electron chi connectivity index (χ3n) is 5.26. The summed E-state index contributed by atoms with van der Waals surface area (Å²) in [7, 11) is 0. The summed E-state index contributed by atoms with van der Waals surface area (Å²) in [4.78, 5) is 19.3. The van der Waals surface area contributed by atoms with Crippen LogP contribution in [0.15, 0.2) is 71.3 Å². The molecular weight excluding hydrogens is 394 g/mol. The van der Waals surface area contributed by atoms with Crippen LogP contribution in [-0.2, 0) is 17.1 Å². The van der Waals surface area contributed by atoms with Crippen LogP contribution < -0.4 is 5.32 Å². The van der Waals surface area contributed by atoms with Gasteiger partial charge in [0.15, 0.2) is 0 Å². The van der Waals surface area contributed by atoms with Gasteiger partial charge in [0.2, 0.25) is 11.8 Å². The van der Waals surface area contributed by atoms with Crippen LogP contribution in [0, 0.1) is 0 Å². The second kappa shape index (κ2) is 10.5. The number of amides is 1. The summed E-state index contributed by atoms with van der Waals surface area (Å²) in [6.45, 7) is 3.03. The SMILES string of the molecule is O=C(CSCc1coc(-c2ccccc2)n1)NC1CCN(Cc2ccccc2)CC1. The van der Waals surface area contributed by atoms with Gasteiger partial charge in [-0.3, -0.25) is 9.69 Å². The van der Waals surface area contributed by atoms with Crippen LogP contribution in [0.4, 0.5) is 0 Å². The van der Waals surface area contributed by atoms with Gasteiger partial charge in [-0.05, 0) is 30.5 Å². The first kappa shape index (κ1) is 20.7. The van der Waals surface area contributed by atoms with E-state index in [2.05, 4.69) is 39.5 Å². The third-order valence-corrected chi connectivity index (χ3v) is 6.22. The fraction of sp³-hybridized carbons (Fsp3) is 0.333. The normalized spacial score (nSPS) is 15.2. The van der Waals surface area contributed by atoms with Crippen LogP contribution in [0.25, 0.3) is 11.5 Å². The molecule has 1 saturated heterocycles. The molecule has 0 spiro atoms. The molecule has 6 heteroatoms. The van der Waals surface area contributed by atoms with Gasteiger partial charge in [-0.2, -0.15) is 0 Å². The lowest BCUT2D eigenvalue weighted by Gasteiger charge is -2.32. The van der Waals surface area contributed by atoms with Gasteiger partial charge in [-0.15, -0.1) is 11.8 Å². The van der Waals surface area contributed by atoms with Crippen molar-refractivity contribution in [1.82, 2.24) is 15.2 Å². The highest BCUT2D eigenvalue weighted by atomic mass is 32.2. The molecule has 1 fully saturated rings. The van der Waals surface area contributed by atoms with Gasteiger partial charge in [-0.1, -0.05) is 48.5 Å². The molecule has 0 atom stereocenters. The second-order valence-electron chi connectivity index (χ2n) is 7.61. The maximum absolute atomic E-state index is 12.3. The highest BCUT2D eigenvalue weighted by Gasteiger charge is 2.20. The van der Waals surface area contributed by atoms with E-state index >= 15 is 0 Å². The zero-order chi connectivity index (χ0) is 20.6. The Morgan fingerprint density at radius 2 is 1.77 bits per heavy atom. The molecule has 1 amide bonds. The maximum atomic E-state index is 12.3. The number of oxazole rings is 1. The van der Waals surface area contributed by atoms with Crippen LogP contribution in [-0.4, -0.2) is 40.7 Å². The van der Waals surface area contributed by atoms with Crippen molar-refractivity contribution in [3.63, 3.8) is 0 Å². The predicted octanol–water partition coefficient (Wildman–Crippen LogP) is 4.36. The molecule has 4 rings (SSSR count). The predicted molar refractivity (Wildman–Crippen MR) is 121 cm³/mol. The Kier molecular flexibility index (Phi) is 7.21. The van der Waals surface area contributed by atoms with Crippen molar-refractivity contribution in [2.75, 3.05) is 18.8 Å². The zero-order valence-corrected chi connectivity index (χ0v) is 17.8. The fourth-order valence-corrected chi connectivity index (χ4v) is 4.39. The van der Waals surface area contributed by atoms with E-state index in [0.717, 1.165) is 43.7 Å². The molecule has 2 heterocycles. The first-order valence-corrected chi connectivity index (χ1v) is 11.5. The van der Waals surface area contributed by atoms with Gasteiger partial charge < -0.3 is 9.73 Å². The smallest absolute Gasteiger partial charge is 0.230 e. The van der Waals surface area contributed by atoms with Crippen molar-refractivity contribution in [1.29, 1.82) is 0 Å². The molecular formula is C24H27N3O2S. The molecule has 1 N–H and O–H groups in total. The molecule has 0 saturated carbocycles. The molecule has 2 aromatic carbocycles. The van der Waals surface area contributed by atoms with Crippen LogP contribution >= 0.6 is 11.8 Å². The van der Waals surface area contributed by atoms with Gasteiger partial charge in [0.25, 0.3) is 0 Å². The molecule has 0 radical (unpaired) electrons. The summed E-state index contributed by atoms with van der Waals surface area (Å²) in [5, 5.41) is 3.19. The molecule has 156 valence electrons. The van der Waals surface area contributed by atoms with E-state index < -0.39 is 0 Å². The Morgan fingerprint density at radius 3 is 2.50 bits per heavy atom. The summed E-state index contributed by atoms with van der Waals surface area (Å²) in [6.07, 6.45) is 3.69. The number of thioether (sulfide) groups is 1. The van der Waals surface area contributed by atoms with Gasteiger partial charge >= 0.3 is 0 Å². The number of carbonyl (C=O) groups excluding carboxylic acids is 1. The zero-order valence-electron chi connectivity index (χ0n) is 17.0. The molecule has 1 aliphatic rings. The van der Waals surface area contributed by atoms with Gasteiger partial charge in [0.05, 0.1) is 11.4 Å². The van der Waals surface area contributed by atoms with Crippen molar-refractivity contribution in [2.45, 2.75) is 31.2 Å². The number of carbonyl (C=O) groups is 1. The van der Waals surface area contributed by atoms with E-state index in [1.165, 1.54) is 5.56 Å². The average molecular weight is 422 g/mol. The number of hydrogen-bond acceptors (Lipinski definition) is 5. The lowest BCUT2D eigenvalue weighted by atomic mass is 10.0. The number of rotatable bonds is 8. The van der Waals surface area contributed by atoms with E-state index in [1.54, 1.807) is 18.0 Å². The lowest BCUT2D eigenvalue weighted by molar-refractivity contribution is -0.119. The summed E-state index contributed by atoms with van der Waals surface area (Å²) in [5.74, 6) is 1.84. The number of nitrogens with zero attached hydrogens (tertiary/aromatic N) is 2. The van der Waals surface area contributed by atoms with Gasteiger partial charge in [-0.25, -0.2) is 4.98 Å². The molecule has 1 aliphatic heterocycles. The van der Waals surface area contributed by atoms with Crippen molar-refractivity contribution in [2.24, 2.45) is 0 Å². The molecule has 3 aromatic rings. The Morgan fingerprint density at radius 1 is 1.07 bits per heavy atom. The average Bonchev–Trinajstić information content (AvgIpc) is 3.25. The first-order valence-electron chi connectivity index (χ1n) is 10.4. The monoisotopic (exact) mass is 421 g/mol. The lowest BCUT2D eigenvalue weighted by Crippen LogP contribution is -2.44. The standard InChI is InChI=1S/C24H27N3O2S/c28-23(18-30-17-22-16-29-24(26-22)20-9-5-2-6-10-20)25-21-11-13-27(14-12-21)15-19-7-3-1-4-8-19/h1-10,16,21H,11-15,17-18H2,(H,25,28). The number of piperidine rings is 1. The Bertz CT molecular complexity index is 922. The third kappa shape index (κ3) is 5.97. The van der Waals surface area contributed by atoms with E-state index in [4.69, 9.17) is 4.42 Å². The first-order chi connectivity index (χ1) is 14.8. The van der Waals surface area contributed by atoms with Gasteiger partial charge in [0.1, 0.15) is 6.26 Å². The van der Waals surface area contributed by atoms with Crippen LogP contribution in [0.2, 0.25) is 0 Å². The number of hydrogen-bond donors (Lipinski definition) is 1.